The van der Waals surface area contributed by atoms with Gasteiger partial charge in [-0.3, -0.25) is 4.90 Å². The quantitative estimate of drug-likeness (QED) is 0.871. The molecule has 0 spiro atoms. The molecule has 2 unspecified atom stereocenters. The van der Waals surface area contributed by atoms with Crippen molar-refractivity contribution < 1.29 is 9.13 Å². The molecule has 1 aromatic carbocycles. The Morgan fingerprint density at radius 2 is 2.19 bits per heavy atom. The van der Waals surface area contributed by atoms with Crippen LogP contribution in [0.5, 0.6) is 0 Å². The van der Waals surface area contributed by atoms with Crippen molar-refractivity contribution in [2.24, 2.45) is 5.73 Å². The Kier molecular flexibility index (Phi) is 4.52. The summed E-state index contributed by atoms with van der Waals surface area (Å²) >= 11 is 4.91. The second kappa shape index (κ2) is 6.38. The van der Waals surface area contributed by atoms with E-state index in [-0.39, 0.29) is 10.8 Å². The Labute approximate surface area is 130 Å². The van der Waals surface area contributed by atoms with Crippen LogP contribution in [0.25, 0.3) is 0 Å². The number of benzene rings is 1. The molecule has 1 saturated heterocycles. The molecule has 5 heteroatoms. The first-order valence-corrected chi connectivity index (χ1v) is 8.00. The molecule has 0 amide bonds. The lowest BCUT2D eigenvalue weighted by Crippen LogP contribution is -2.52. The van der Waals surface area contributed by atoms with Gasteiger partial charge in [0.2, 0.25) is 0 Å². The van der Waals surface area contributed by atoms with Crippen molar-refractivity contribution in [3.05, 3.63) is 35.1 Å². The Balaban J connectivity index is 1.76. The third kappa shape index (κ3) is 3.25. The van der Waals surface area contributed by atoms with Gasteiger partial charge in [-0.25, -0.2) is 4.39 Å². The number of rotatable bonds is 3. The van der Waals surface area contributed by atoms with E-state index in [9.17, 15) is 4.39 Å². The average molecular weight is 308 g/mol. The van der Waals surface area contributed by atoms with Crippen LogP contribution < -0.4 is 5.73 Å². The lowest BCUT2D eigenvalue weighted by molar-refractivity contribution is -0.0911. The molecule has 2 N–H and O–H groups in total. The van der Waals surface area contributed by atoms with E-state index in [0.29, 0.717) is 17.7 Å². The van der Waals surface area contributed by atoms with Gasteiger partial charge in [-0.2, -0.15) is 0 Å². The first-order chi connectivity index (χ1) is 10.1. The summed E-state index contributed by atoms with van der Waals surface area (Å²) in [5, 5.41) is 0. The highest BCUT2D eigenvalue weighted by atomic mass is 32.1. The van der Waals surface area contributed by atoms with Crippen molar-refractivity contribution in [1.82, 2.24) is 4.90 Å². The third-order valence-corrected chi connectivity index (χ3v) is 4.75. The van der Waals surface area contributed by atoms with E-state index < -0.39 is 0 Å². The molecule has 1 saturated carbocycles. The predicted molar refractivity (Wildman–Crippen MR) is 84.7 cm³/mol. The van der Waals surface area contributed by atoms with Crippen LogP contribution in [0, 0.1) is 5.82 Å². The summed E-state index contributed by atoms with van der Waals surface area (Å²) in [7, 11) is 0. The molecule has 1 aromatic rings. The number of nitrogens with zero attached hydrogens (tertiary/aromatic N) is 1. The van der Waals surface area contributed by atoms with Crippen LogP contribution in [0.15, 0.2) is 18.2 Å². The molecule has 1 aliphatic heterocycles. The number of ether oxygens (including phenoxy) is 1. The summed E-state index contributed by atoms with van der Waals surface area (Å²) in [6.45, 7) is 2.52. The molecule has 2 atom stereocenters. The van der Waals surface area contributed by atoms with E-state index in [4.69, 9.17) is 22.7 Å². The molecule has 2 aliphatic rings. The average Bonchev–Trinajstić information content (AvgIpc) is 2.49. The van der Waals surface area contributed by atoms with Crippen molar-refractivity contribution >= 4 is 17.2 Å². The van der Waals surface area contributed by atoms with Gasteiger partial charge < -0.3 is 10.5 Å². The van der Waals surface area contributed by atoms with Crippen molar-refractivity contribution in [3.63, 3.8) is 0 Å². The summed E-state index contributed by atoms with van der Waals surface area (Å²) in [6.07, 6.45) is 5.24. The van der Waals surface area contributed by atoms with E-state index in [1.807, 2.05) is 6.07 Å². The van der Waals surface area contributed by atoms with E-state index in [2.05, 4.69) is 4.90 Å². The van der Waals surface area contributed by atoms with Crippen LogP contribution in [0.2, 0.25) is 0 Å². The maximum absolute atomic E-state index is 13.7. The molecule has 2 fully saturated rings. The van der Waals surface area contributed by atoms with Gasteiger partial charge in [-0.05, 0) is 30.5 Å². The standard InChI is InChI=1S/C16H21FN2OS/c17-13-6-5-11(9-12(13)16(18)21)10-19-7-8-20-15-4-2-1-3-14(15)19/h5-6,9,14-15H,1-4,7-8,10H2,(H2,18,21). The second-order valence-electron chi connectivity index (χ2n) is 5.91. The highest BCUT2D eigenvalue weighted by Crippen LogP contribution is 2.29. The van der Waals surface area contributed by atoms with Gasteiger partial charge in [-0.15, -0.1) is 0 Å². The topological polar surface area (TPSA) is 38.5 Å². The minimum absolute atomic E-state index is 0.117. The SMILES string of the molecule is NC(=S)c1cc(CN2CCOC3CCCCC32)ccc1F. The Morgan fingerprint density at radius 3 is 3.00 bits per heavy atom. The fourth-order valence-electron chi connectivity index (χ4n) is 3.47. The van der Waals surface area contributed by atoms with Crippen molar-refractivity contribution in [2.45, 2.75) is 44.4 Å². The molecule has 0 aromatic heterocycles. The molecule has 114 valence electrons. The van der Waals surface area contributed by atoms with Crippen LogP contribution in [0.4, 0.5) is 4.39 Å². The molecule has 0 bridgehead atoms. The molecular weight excluding hydrogens is 287 g/mol. The zero-order chi connectivity index (χ0) is 14.8. The predicted octanol–water partition coefficient (Wildman–Crippen LogP) is 2.60. The maximum Gasteiger partial charge on any atom is 0.133 e. The number of halogens is 1. The number of thiocarbonyl (C=S) groups is 1. The largest absolute Gasteiger partial charge is 0.389 e. The number of fused-ring (bicyclic) bond motifs is 1. The maximum atomic E-state index is 13.7. The lowest BCUT2D eigenvalue weighted by atomic mass is 9.90. The summed E-state index contributed by atoms with van der Waals surface area (Å²) in [4.78, 5) is 2.58. The zero-order valence-electron chi connectivity index (χ0n) is 12.1. The Morgan fingerprint density at radius 1 is 1.38 bits per heavy atom. The number of hydrogen-bond acceptors (Lipinski definition) is 3. The van der Waals surface area contributed by atoms with Gasteiger partial charge in [-0.1, -0.05) is 31.1 Å². The molecule has 1 heterocycles. The monoisotopic (exact) mass is 308 g/mol. The van der Waals surface area contributed by atoms with Crippen LogP contribution >= 0.6 is 12.2 Å². The fraction of sp³-hybridized carbons (Fsp3) is 0.562. The van der Waals surface area contributed by atoms with Gasteiger partial charge >= 0.3 is 0 Å². The van der Waals surface area contributed by atoms with Crippen LogP contribution in [-0.4, -0.2) is 35.2 Å². The summed E-state index contributed by atoms with van der Waals surface area (Å²) < 4.78 is 19.6. The van der Waals surface area contributed by atoms with Crippen LogP contribution in [0.1, 0.15) is 36.8 Å². The number of hydrogen-bond donors (Lipinski definition) is 1. The van der Waals surface area contributed by atoms with Crippen LogP contribution in [-0.2, 0) is 11.3 Å². The number of nitrogens with two attached hydrogens (primary N) is 1. The highest BCUT2D eigenvalue weighted by molar-refractivity contribution is 7.80. The van der Waals surface area contributed by atoms with Crippen LogP contribution in [0.3, 0.4) is 0 Å². The molecule has 21 heavy (non-hydrogen) atoms. The molecule has 3 nitrogen and oxygen atoms in total. The second-order valence-corrected chi connectivity index (χ2v) is 6.35. The first kappa shape index (κ1) is 14.9. The van der Waals surface area contributed by atoms with Crippen molar-refractivity contribution in [1.29, 1.82) is 0 Å². The number of morpholine rings is 1. The first-order valence-electron chi connectivity index (χ1n) is 7.59. The minimum atomic E-state index is -0.344. The molecular formula is C16H21FN2OS. The van der Waals surface area contributed by atoms with Gasteiger partial charge in [0, 0.05) is 24.7 Å². The van der Waals surface area contributed by atoms with Crippen molar-refractivity contribution in [2.75, 3.05) is 13.2 Å². The normalized spacial score (nSPS) is 26.3. The summed E-state index contributed by atoms with van der Waals surface area (Å²) in [6, 6.07) is 5.56. The van der Waals surface area contributed by atoms with E-state index >= 15 is 0 Å². The van der Waals surface area contributed by atoms with E-state index in [1.54, 1.807) is 6.07 Å². The summed E-state index contributed by atoms with van der Waals surface area (Å²) in [5.41, 5.74) is 6.98. The highest BCUT2D eigenvalue weighted by Gasteiger charge is 2.33. The minimum Gasteiger partial charge on any atom is -0.389 e. The van der Waals surface area contributed by atoms with Gasteiger partial charge in [0.05, 0.1) is 12.7 Å². The fourth-order valence-corrected chi connectivity index (χ4v) is 3.62. The molecule has 3 rings (SSSR count). The summed E-state index contributed by atoms with van der Waals surface area (Å²) in [5.74, 6) is -0.344. The third-order valence-electron chi connectivity index (χ3n) is 4.53. The van der Waals surface area contributed by atoms with E-state index in [0.717, 1.165) is 31.7 Å². The van der Waals surface area contributed by atoms with Crippen molar-refractivity contribution in [3.8, 4) is 0 Å². The Bertz CT molecular complexity index is 535. The molecule has 1 aliphatic carbocycles. The lowest BCUT2D eigenvalue weighted by Gasteiger charge is -2.43. The smallest absolute Gasteiger partial charge is 0.133 e. The Hall–Kier alpha value is -1.04. The van der Waals surface area contributed by atoms with Gasteiger partial charge in [0.15, 0.2) is 0 Å². The van der Waals surface area contributed by atoms with Gasteiger partial charge in [0.1, 0.15) is 10.8 Å². The van der Waals surface area contributed by atoms with E-state index in [1.165, 1.54) is 25.3 Å². The molecule has 0 radical (unpaired) electrons. The van der Waals surface area contributed by atoms with Gasteiger partial charge in [0.25, 0.3) is 0 Å². The zero-order valence-corrected chi connectivity index (χ0v) is 12.9.